The summed E-state index contributed by atoms with van der Waals surface area (Å²) >= 11 is 0. The lowest BCUT2D eigenvalue weighted by Gasteiger charge is -2.26. The molecule has 1 aliphatic heterocycles. The second-order valence-electron chi connectivity index (χ2n) is 7.05. The summed E-state index contributed by atoms with van der Waals surface area (Å²) in [5, 5.41) is 4.32. The molecule has 7 nitrogen and oxygen atoms in total. The number of hydrogen-bond donors (Lipinski definition) is 1. The van der Waals surface area contributed by atoms with E-state index in [1.165, 1.54) is 22.0 Å². The number of morpholine rings is 1. The van der Waals surface area contributed by atoms with Gasteiger partial charge in [0.05, 0.1) is 23.8 Å². The van der Waals surface area contributed by atoms with Crippen LogP contribution in [0.1, 0.15) is 34.3 Å². The summed E-state index contributed by atoms with van der Waals surface area (Å²) in [7, 11) is -3.66. The van der Waals surface area contributed by atoms with Gasteiger partial charge in [-0.05, 0) is 43.0 Å². The fourth-order valence-corrected chi connectivity index (χ4v) is 5.09. The highest BCUT2D eigenvalue weighted by Crippen LogP contribution is 2.21. The second-order valence-corrected chi connectivity index (χ2v) is 8.99. The number of rotatable bonds is 4. The number of fused-ring (bicyclic) bond motifs is 1. The fourth-order valence-electron chi connectivity index (χ4n) is 3.63. The van der Waals surface area contributed by atoms with E-state index in [-0.39, 0.29) is 10.5 Å². The van der Waals surface area contributed by atoms with Gasteiger partial charge in [0.2, 0.25) is 10.0 Å². The Morgan fingerprint density at radius 1 is 1.03 bits per heavy atom. The molecule has 0 unspecified atom stereocenters. The minimum atomic E-state index is -3.66. The molecule has 29 heavy (non-hydrogen) atoms. The number of carbonyl (C=O) groups excluding carboxylic acids is 1. The molecule has 1 aliphatic carbocycles. The second kappa shape index (κ2) is 8.44. The maximum atomic E-state index is 12.8. The Labute approximate surface area is 170 Å². The van der Waals surface area contributed by atoms with E-state index in [9.17, 15) is 13.2 Å². The van der Waals surface area contributed by atoms with E-state index >= 15 is 0 Å². The number of carbonyl (C=O) groups is 1. The van der Waals surface area contributed by atoms with Crippen LogP contribution in [-0.4, -0.2) is 50.6 Å². The highest BCUT2D eigenvalue weighted by atomic mass is 32.2. The van der Waals surface area contributed by atoms with Crippen LogP contribution in [0.2, 0.25) is 0 Å². The van der Waals surface area contributed by atoms with Gasteiger partial charge in [-0.15, -0.1) is 0 Å². The molecule has 2 aromatic carbocycles. The molecule has 1 amide bonds. The molecule has 2 aromatic rings. The molecule has 1 fully saturated rings. The van der Waals surface area contributed by atoms with Crippen molar-refractivity contribution in [1.82, 2.24) is 9.73 Å². The number of hydrogen-bond acceptors (Lipinski definition) is 5. The SMILES string of the molecule is O=C(NN=C1CCCc2ccccc21)c1cccc(S(=O)(=O)N2CCOCC2)c1. The molecule has 0 spiro atoms. The van der Waals surface area contributed by atoms with Gasteiger partial charge in [0.25, 0.3) is 5.91 Å². The Morgan fingerprint density at radius 2 is 1.83 bits per heavy atom. The maximum absolute atomic E-state index is 12.8. The molecule has 2 aliphatic rings. The Kier molecular flexibility index (Phi) is 5.75. The van der Waals surface area contributed by atoms with Crippen molar-refractivity contribution in [2.24, 2.45) is 5.10 Å². The number of hydrazone groups is 1. The summed E-state index contributed by atoms with van der Waals surface area (Å²) in [6, 6.07) is 14.1. The molecule has 1 saturated heterocycles. The molecule has 8 heteroatoms. The van der Waals surface area contributed by atoms with Crippen molar-refractivity contribution < 1.29 is 17.9 Å². The van der Waals surface area contributed by atoms with Crippen LogP contribution in [0, 0.1) is 0 Å². The lowest BCUT2D eigenvalue weighted by atomic mass is 9.90. The molecular formula is C21H23N3O4S. The number of amides is 1. The van der Waals surface area contributed by atoms with Crippen molar-refractivity contribution in [2.45, 2.75) is 24.2 Å². The molecule has 0 radical (unpaired) electrons. The van der Waals surface area contributed by atoms with Gasteiger partial charge in [-0.2, -0.15) is 9.41 Å². The lowest BCUT2D eigenvalue weighted by molar-refractivity contribution is 0.0730. The molecule has 0 saturated carbocycles. The van der Waals surface area contributed by atoms with Crippen LogP contribution in [0.5, 0.6) is 0 Å². The first kappa shape index (κ1) is 19.8. The first-order valence-corrected chi connectivity index (χ1v) is 11.1. The number of ether oxygens (including phenoxy) is 1. The molecule has 1 heterocycles. The predicted octanol–water partition coefficient (Wildman–Crippen LogP) is 2.18. The van der Waals surface area contributed by atoms with Crippen LogP contribution in [0.3, 0.4) is 0 Å². The van der Waals surface area contributed by atoms with Crippen LogP contribution < -0.4 is 5.43 Å². The van der Waals surface area contributed by atoms with E-state index in [4.69, 9.17) is 4.74 Å². The normalized spacial score (nSPS) is 19.0. The molecule has 4 rings (SSSR count). The Balaban J connectivity index is 1.53. The smallest absolute Gasteiger partial charge is 0.271 e. The van der Waals surface area contributed by atoms with E-state index in [1.807, 2.05) is 18.2 Å². The first-order valence-electron chi connectivity index (χ1n) is 9.69. The summed E-state index contributed by atoms with van der Waals surface area (Å²) < 4.78 is 32.2. The van der Waals surface area contributed by atoms with Crippen molar-refractivity contribution >= 4 is 21.6 Å². The third-order valence-electron chi connectivity index (χ3n) is 5.18. The Hall–Kier alpha value is -2.55. The molecule has 0 aromatic heterocycles. The van der Waals surface area contributed by atoms with E-state index in [2.05, 4.69) is 16.6 Å². The van der Waals surface area contributed by atoms with Crippen LogP contribution in [0.25, 0.3) is 0 Å². The molecule has 152 valence electrons. The summed E-state index contributed by atoms with van der Waals surface area (Å²) in [5.41, 5.74) is 5.98. The van der Waals surface area contributed by atoms with Crippen LogP contribution in [0.4, 0.5) is 0 Å². The highest BCUT2D eigenvalue weighted by molar-refractivity contribution is 7.89. The van der Waals surface area contributed by atoms with Crippen molar-refractivity contribution in [1.29, 1.82) is 0 Å². The largest absolute Gasteiger partial charge is 0.379 e. The highest BCUT2D eigenvalue weighted by Gasteiger charge is 2.27. The third kappa shape index (κ3) is 4.24. The van der Waals surface area contributed by atoms with Gasteiger partial charge in [0, 0.05) is 24.2 Å². The average Bonchev–Trinajstić information content (AvgIpc) is 2.78. The summed E-state index contributed by atoms with van der Waals surface area (Å²) in [5.74, 6) is -0.431. The number of nitrogens with zero attached hydrogens (tertiary/aromatic N) is 2. The number of benzene rings is 2. The quantitative estimate of drug-likeness (QED) is 0.778. The van der Waals surface area contributed by atoms with Crippen molar-refractivity contribution in [3.8, 4) is 0 Å². The Bertz CT molecular complexity index is 1040. The summed E-state index contributed by atoms with van der Waals surface area (Å²) in [4.78, 5) is 12.7. The number of aryl methyl sites for hydroxylation is 1. The first-order chi connectivity index (χ1) is 14.1. The van der Waals surface area contributed by atoms with Gasteiger partial charge >= 0.3 is 0 Å². The van der Waals surface area contributed by atoms with Crippen molar-refractivity contribution in [2.75, 3.05) is 26.3 Å². The average molecular weight is 413 g/mol. The van der Waals surface area contributed by atoms with Crippen molar-refractivity contribution in [3.63, 3.8) is 0 Å². The number of sulfonamides is 1. The zero-order valence-corrected chi connectivity index (χ0v) is 16.8. The predicted molar refractivity (Wildman–Crippen MR) is 109 cm³/mol. The molecule has 0 atom stereocenters. The molecular weight excluding hydrogens is 390 g/mol. The topological polar surface area (TPSA) is 88.1 Å². The zero-order chi connectivity index (χ0) is 20.3. The van der Waals surface area contributed by atoms with Crippen molar-refractivity contribution in [3.05, 3.63) is 65.2 Å². The van der Waals surface area contributed by atoms with E-state index in [1.54, 1.807) is 12.1 Å². The van der Waals surface area contributed by atoms with E-state index in [0.29, 0.717) is 26.3 Å². The van der Waals surface area contributed by atoms with Gasteiger partial charge in [-0.3, -0.25) is 4.79 Å². The summed E-state index contributed by atoms with van der Waals surface area (Å²) in [6.45, 7) is 1.37. The summed E-state index contributed by atoms with van der Waals surface area (Å²) in [6.07, 6.45) is 2.78. The minimum Gasteiger partial charge on any atom is -0.379 e. The zero-order valence-electron chi connectivity index (χ0n) is 16.0. The fraction of sp³-hybridized carbons (Fsp3) is 0.333. The van der Waals surface area contributed by atoms with Crippen LogP contribution in [-0.2, 0) is 21.2 Å². The van der Waals surface area contributed by atoms with Gasteiger partial charge < -0.3 is 4.74 Å². The van der Waals surface area contributed by atoms with E-state index in [0.717, 1.165) is 30.5 Å². The van der Waals surface area contributed by atoms with Gasteiger partial charge in [0.1, 0.15) is 0 Å². The van der Waals surface area contributed by atoms with E-state index < -0.39 is 15.9 Å². The van der Waals surface area contributed by atoms with Gasteiger partial charge in [0.15, 0.2) is 0 Å². The maximum Gasteiger partial charge on any atom is 0.271 e. The van der Waals surface area contributed by atoms with Crippen LogP contribution >= 0.6 is 0 Å². The standard InChI is InChI=1S/C21H23N3O4S/c25-21(23-22-20-10-4-6-16-5-1-2-9-19(16)20)17-7-3-8-18(15-17)29(26,27)24-11-13-28-14-12-24/h1-3,5,7-9,15H,4,6,10-14H2,(H,23,25). The molecule has 1 N–H and O–H groups in total. The molecule has 0 bridgehead atoms. The minimum absolute atomic E-state index is 0.0997. The Morgan fingerprint density at radius 3 is 2.66 bits per heavy atom. The third-order valence-corrected chi connectivity index (χ3v) is 7.08. The van der Waals surface area contributed by atoms with Gasteiger partial charge in [-0.25, -0.2) is 13.8 Å². The lowest BCUT2D eigenvalue weighted by Crippen LogP contribution is -2.40. The van der Waals surface area contributed by atoms with Crippen LogP contribution in [0.15, 0.2) is 58.5 Å². The van der Waals surface area contributed by atoms with Gasteiger partial charge in [-0.1, -0.05) is 30.3 Å². The number of nitrogens with one attached hydrogen (secondary N) is 1. The monoisotopic (exact) mass is 413 g/mol.